The highest BCUT2D eigenvalue weighted by Crippen LogP contribution is 2.36. The zero-order valence-corrected chi connectivity index (χ0v) is 13.3. The minimum atomic E-state index is -0.411. The lowest BCUT2D eigenvalue weighted by Crippen LogP contribution is -2.10. The molecule has 0 radical (unpaired) electrons. The molecule has 0 saturated carbocycles. The lowest BCUT2D eigenvalue weighted by molar-refractivity contribution is -0.130. The molecule has 0 unspecified atom stereocenters. The topological polar surface area (TPSA) is 26.3 Å². The second kappa shape index (κ2) is 5.98. The molecular weight excluding hydrogens is 404 g/mol. The average Bonchev–Trinajstić information content (AvgIpc) is 2.21. The minimum Gasteiger partial charge on any atom is -0.421 e. The van der Waals surface area contributed by atoms with Crippen molar-refractivity contribution in [2.24, 2.45) is 0 Å². The third-order valence-corrected chi connectivity index (χ3v) is 3.51. The van der Waals surface area contributed by atoms with Gasteiger partial charge in [-0.15, -0.1) is 0 Å². The molecule has 86 valence electrons. The number of ether oxygens (including phenoxy) is 1. The molecule has 0 N–H and O–H groups in total. The Hall–Kier alpha value is -0.130. The first kappa shape index (κ1) is 13.9. The molecule has 5 heteroatoms. The van der Waals surface area contributed by atoms with Gasteiger partial charge >= 0.3 is 5.97 Å². The number of carbonyl (C=O) groups is 1. The fourth-order valence-electron chi connectivity index (χ4n) is 0.936. The first-order valence-electron chi connectivity index (χ1n) is 4.50. The van der Waals surface area contributed by atoms with Crippen molar-refractivity contribution in [3.8, 4) is 5.75 Å². The fourth-order valence-corrected chi connectivity index (χ4v) is 3.36. The summed E-state index contributed by atoms with van der Waals surface area (Å²) in [5.74, 6) is 0.0500. The molecule has 2 nitrogen and oxygen atoms in total. The Morgan fingerprint density at radius 3 is 2.25 bits per heavy atom. The number of benzene rings is 1. The van der Waals surface area contributed by atoms with Crippen LogP contribution in [0.15, 0.2) is 37.7 Å². The molecule has 0 aromatic heterocycles. The van der Waals surface area contributed by atoms with Gasteiger partial charge in [-0.05, 0) is 50.4 Å². The van der Waals surface area contributed by atoms with Gasteiger partial charge in [0.1, 0.15) is 0 Å². The van der Waals surface area contributed by atoms with E-state index in [4.69, 9.17) is 4.74 Å². The Bertz CT molecular complexity index is 418. The Morgan fingerprint density at radius 2 is 1.81 bits per heavy atom. The molecule has 0 aliphatic heterocycles. The van der Waals surface area contributed by atoms with E-state index in [0.29, 0.717) is 26.7 Å². The second-order valence-corrected chi connectivity index (χ2v) is 5.67. The van der Waals surface area contributed by atoms with Crippen LogP contribution < -0.4 is 4.74 Å². The van der Waals surface area contributed by atoms with Gasteiger partial charge in [-0.3, -0.25) is 0 Å². The normalized spacial score (nSPS) is 10.0. The predicted molar refractivity (Wildman–Crippen MR) is 74.6 cm³/mol. The smallest absolute Gasteiger partial charge is 0.338 e. The Kier molecular flexibility index (Phi) is 5.21. The molecule has 0 spiro atoms. The number of esters is 1. The van der Waals surface area contributed by atoms with E-state index in [1.165, 1.54) is 0 Å². The second-order valence-electron chi connectivity index (χ2n) is 3.05. The van der Waals surface area contributed by atoms with Crippen molar-refractivity contribution in [3.05, 3.63) is 37.7 Å². The fraction of sp³-hybridized carbons (Fsp3) is 0.182. The first-order chi connectivity index (χ1) is 7.45. The lowest BCUT2D eigenvalue weighted by Gasteiger charge is -2.09. The Morgan fingerprint density at radius 1 is 1.31 bits per heavy atom. The number of hydrogen-bond donors (Lipinski definition) is 0. The summed E-state index contributed by atoms with van der Waals surface area (Å²) < 4.78 is 7.52. The van der Waals surface area contributed by atoms with Crippen LogP contribution in [0.5, 0.6) is 5.75 Å². The standard InChI is InChI=1S/C11H9Br3O2/c1-3-6(2)11(15)16-10-8(13)4-7(12)5-9(10)14/h4-5H,2-3H2,1H3. The van der Waals surface area contributed by atoms with Gasteiger partial charge in [0.2, 0.25) is 0 Å². The van der Waals surface area contributed by atoms with E-state index in [1.54, 1.807) is 0 Å². The van der Waals surface area contributed by atoms with Crippen LogP contribution in [-0.4, -0.2) is 5.97 Å². The van der Waals surface area contributed by atoms with Gasteiger partial charge in [0.05, 0.1) is 8.95 Å². The van der Waals surface area contributed by atoms with Crippen LogP contribution in [0.3, 0.4) is 0 Å². The van der Waals surface area contributed by atoms with Crippen LogP contribution in [0.25, 0.3) is 0 Å². The van der Waals surface area contributed by atoms with Crippen molar-refractivity contribution in [2.75, 3.05) is 0 Å². The summed E-state index contributed by atoms with van der Waals surface area (Å²) in [4.78, 5) is 11.6. The summed E-state index contributed by atoms with van der Waals surface area (Å²) in [7, 11) is 0. The molecular formula is C11H9Br3O2. The van der Waals surface area contributed by atoms with Crippen molar-refractivity contribution in [1.82, 2.24) is 0 Å². The third-order valence-electron chi connectivity index (χ3n) is 1.87. The largest absolute Gasteiger partial charge is 0.421 e. The van der Waals surface area contributed by atoms with Crippen LogP contribution in [0.1, 0.15) is 13.3 Å². The third kappa shape index (κ3) is 3.43. The van der Waals surface area contributed by atoms with E-state index >= 15 is 0 Å². The van der Waals surface area contributed by atoms with Gasteiger partial charge in [-0.25, -0.2) is 4.79 Å². The zero-order valence-electron chi connectivity index (χ0n) is 8.52. The van der Waals surface area contributed by atoms with Gasteiger partial charge in [-0.1, -0.05) is 29.4 Å². The molecule has 0 aliphatic rings. The highest BCUT2D eigenvalue weighted by molar-refractivity contribution is 9.11. The quantitative estimate of drug-likeness (QED) is 0.403. The SMILES string of the molecule is C=C(CC)C(=O)Oc1c(Br)cc(Br)cc1Br. The van der Waals surface area contributed by atoms with Gasteiger partial charge in [0.15, 0.2) is 5.75 Å². The molecule has 0 atom stereocenters. The molecule has 0 heterocycles. The molecule has 0 fully saturated rings. The number of rotatable bonds is 3. The van der Waals surface area contributed by atoms with Crippen molar-refractivity contribution < 1.29 is 9.53 Å². The first-order valence-corrected chi connectivity index (χ1v) is 6.88. The van der Waals surface area contributed by atoms with Crippen LogP contribution >= 0.6 is 47.8 Å². The molecule has 0 aliphatic carbocycles. The van der Waals surface area contributed by atoms with E-state index in [9.17, 15) is 4.79 Å². The maximum Gasteiger partial charge on any atom is 0.338 e. The van der Waals surface area contributed by atoms with E-state index in [1.807, 2.05) is 19.1 Å². The molecule has 1 aromatic rings. The highest BCUT2D eigenvalue weighted by Gasteiger charge is 2.14. The average molecular weight is 413 g/mol. The van der Waals surface area contributed by atoms with E-state index in [0.717, 1.165) is 4.47 Å². The molecule has 0 bridgehead atoms. The highest BCUT2D eigenvalue weighted by atomic mass is 79.9. The molecule has 0 amide bonds. The molecule has 16 heavy (non-hydrogen) atoms. The van der Waals surface area contributed by atoms with Gasteiger partial charge in [0.25, 0.3) is 0 Å². The maximum atomic E-state index is 11.6. The summed E-state index contributed by atoms with van der Waals surface area (Å²) in [6, 6.07) is 3.62. The predicted octanol–water partition coefficient (Wildman–Crippen LogP) is 4.85. The molecule has 1 rings (SSSR count). The summed E-state index contributed by atoms with van der Waals surface area (Å²) in [5.41, 5.74) is 0.446. The van der Waals surface area contributed by atoms with Crippen LogP contribution in [0.4, 0.5) is 0 Å². The monoisotopic (exact) mass is 410 g/mol. The van der Waals surface area contributed by atoms with Gasteiger partial charge in [0, 0.05) is 10.0 Å². The van der Waals surface area contributed by atoms with E-state index in [2.05, 4.69) is 54.4 Å². The zero-order chi connectivity index (χ0) is 12.3. The van der Waals surface area contributed by atoms with Gasteiger partial charge < -0.3 is 4.74 Å². The van der Waals surface area contributed by atoms with Crippen LogP contribution in [0.2, 0.25) is 0 Å². The molecule has 1 aromatic carbocycles. The number of halogens is 3. The number of carbonyl (C=O) groups excluding carboxylic acids is 1. The summed E-state index contributed by atoms with van der Waals surface area (Å²) in [5, 5.41) is 0. The van der Waals surface area contributed by atoms with Crippen molar-refractivity contribution >= 4 is 53.8 Å². The van der Waals surface area contributed by atoms with Gasteiger partial charge in [-0.2, -0.15) is 0 Å². The minimum absolute atomic E-state index is 0.411. The molecule has 0 saturated heterocycles. The van der Waals surface area contributed by atoms with E-state index < -0.39 is 5.97 Å². The summed E-state index contributed by atoms with van der Waals surface area (Å²) in [6.45, 7) is 5.49. The maximum absolute atomic E-state index is 11.6. The Labute approximate surface area is 119 Å². The van der Waals surface area contributed by atoms with Crippen LogP contribution in [-0.2, 0) is 4.79 Å². The van der Waals surface area contributed by atoms with E-state index in [-0.39, 0.29) is 0 Å². The van der Waals surface area contributed by atoms with Crippen molar-refractivity contribution in [1.29, 1.82) is 0 Å². The summed E-state index contributed by atoms with van der Waals surface area (Å²) >= 11 is 10.00. The van der Waals surface area contributed by atoms with Crippen molar-refractivity contribution in [3.63, 3.8) is 0 Å². The van der Waals surface area contributed by atoms with Crippen molar-refractivity contribution in [2.45, 2.75) is 13.3 Å². The summed E-state index contributed by atoms with van der Waals surface area (Å²) in [6.07, 6.45) is 0.574. The number of hydrogen-bond acceptors (Lipinski definition) is 2. The lowest BCUT2D eigenvalue weighted by atomic mass is 10.2. The Balaban J connectivity index is 2.98. The van der Waals surface area contributed by atoms with Crippen LogP contribution in [0, 0.1) is 0 Å².